The number of hydrogen-bond acceptors (Lipinski definition) is 4. The lowest BCUT2D eigenvalue weighted by molar-refractivity contribution is -0.130. The third-order valence-corrected chi connectivity index (χ3v) is 3.45. The summed E-state index contributed by atoms with van der Waals surface area (Å²) in [5.74, 6) is 0.517. The Bertz CT molecular complexity index is 799. The van der Waals surface area contributed by atoms with Crippen molar-refractivity contribution in [3.8, 4) is 22.6 Å². The first-order chi connectivity index (χ1) is 11.9. The van der Waals surface area contributed by atoms with Gasteiger partial charge in [0, 0.05) is 5.57 Å². The van der Waals surface area contributed by atoms with Crippen molar-refractivity contribution in [2.45, 2.75) is 13.8 Å². The molecule has 0 heterocycles. The average Bonchev–Trinajstić information content (AvgIpc) is 2.60. The molecular formula is C21H20O4. The van der Waals surface area contributed by atoms with E-state index in [9.17, 15) is 9.59 Å². The zero-order valence-corrected chi connectivity index (χ0v) is 14.4. The molecule has 0 radical (unpaired) electrons. The second-order valence-corrected chi connectivity index (χ2v) is 5.71. The van der Waals surface area contributed by atoms with E-state index in [1.807, 2.05) is 24.3 Å². The van der Waals surface area contributed by atoms with E-state index in [-0.39, 0.29) is 12.4 Å². The maximum Gasteiger partial charge on any atom is 0.338 e. The molecule has 0 aliphatic rings. The molecule has 0 N–H and O–H groups in total. The van der Waals surface area contributed by atoms with Gasteiger partial charge in [-0.3, -0.25) is 4.79 Å². The molecule has 0 saturated heterocycles. The molecule has 2 aromatic carbocycles. The highest BCUT2D eigenvalue weighted by atomic mass is 16.5. The number of carbonyl (C=O) groups excluding carboxylic acids is 2. The van der Waals surface area contributed by atoms with Gasteiger partial charge in [-0.15, -0.1) is 0 Å². The van der Waals surface area contributed by atoms with Crippen LogP contribution in [0.1, 0.15) is 13.8 Å². The van der Waals surface area contributed by atoms with Crippen molar-refractivity contribution >= 4 is 11.8 Å². The molecule has 0 aliphatic carbocycles. The van der Waals surface area contributed by atoms with E-state index >= 15 is 0 Å². The average molecular weight is 336 g/mol. The fraction of sp³-hybridized carbons (Fsp3) is 0.143. The molecule has 0 aliphatic heterocycles. The van der Waals surface area contributed by atoms with Crippen LogP contribution in [0.15, 0.2) is 72.8 Å². The van der Waals surface area contributed by atoms with Crippen LogP contribution in [-0.2, 0) is 9.59 Å². The molecule has 0 bridgehead atoms. The number of carbonyl (C=O) groups is 2. The number of Topliss-reactive ketones (excluding diaryl/α,β-unsaturated/α-hetero) is 1. The summed E-state index contributed by atoms with van der Waals surface area (Å²) >= 11 is 0. The second-order valence-electron chi connectivity index (χ2n) is 5.71. The minimum absolute atomic E-state index is 0.0164. The predicted molar refractivity (Wildman–Crippen MR) is 97.6 cm³/mol. The largest absolute Gasteiger partial charge is 0.485 e. The van der Waals surface area contributed by atoms with Crippen molar-refractivity contribution in [1.29, 1.82) is 0 Å². The van der Waals surface area contributed by atoms with E-state index in [0.29, 0.717) is 22.6 Å². The van der Waals surface area contributed by atoms with E-state index in [1.165, 1.54) is 0 Å². The van der Waals surface area contributed by atoms with Gasteiger partial charge in [0.2, 0.25) is 0 Å². The first-order valence-corrected chi connectivity index (χ1v) is 7.76. The maximum absolute atomic E-state index is 11.5. The quantitative estimate of drug-likeness (QED) is 0.428. The Balaban J connectivity index is 2.02. The molecule has 4 nitrogen and oxygen atoms in total. The van der Waals surface area contributed by atoms with Crippen molar-refractivity contribution in [3.63, 3.8) is 0 Å². The van der Waals surface area contributed by atoms with Crippen LogP contribution in [0.2, 0.25) is 0 Å². The lowest BCUT2D eigenvalue weighted by Crippen LogP contribution is -2.11. The van der Waals surface area contributed by atoms with Crippen molar-refractivity contribution < 1.29 is 19.1 Å². The lowest BCUT2D eigenvalue weighted by Gasteiger charge is -2.08. The molecule has 0 saturated carbocycles. The van der Waals surface area contributed by atoms with E-state index in [2.05, 4.69) is 13.2 Å². The van der Waals surface area contributed by atoms with Gasteiger partial charge in [0.15, 0.2) is 12.4 Å². The summed E-state index contributed by atoms with van der Waals surface area (Å²) in [6, 6.07) is 14.6. The summed E-state index contributed by atoms with van der Waals surface area (Å²) in [6.07, 6.45) is 0. The van der Waals surface area contributed by atoms with Gasteiger partial charge in [-0.1, -0.05) is 37.4 Å². The number of benzene rings is 2. The first-order valence-electron chi connectivity index (χ1n) is 7.76. The van der Waals surface area contributed by atoms with E-state index < -0.39 is 5.97 Å². The fourth-order valence-corrected chi connectivity index (χ4v) is 1.93. The molecule has 2 aromatic rings. The summed E-state index contributed by atoms with van der Waals surface area (Å²) in [4.78, 5) is 23.0. The number of ether oxygens (including phenoxy) is 2. The second kappa shape index (κ2) is 8.11. The van der Waals surface area contributed by atoms with Crippen LogP contribution in [-0.4, -0.2) is 18.4 Å². The number of hydrogen-bond donors (Lipinski definition) is 0. The zero-order chi connectivity index (χ0) is 18.4. The summed E-state index contributed by atoms with van der Waals surface area (Å²) in [5, 5.41) is 0. The van der Waals surface area contributed by atoms with Gasteiger partial charge >= 0.3 is 5.97 Å². The summed E-state index contributed by atoms with van der Waals surface area (Å²) in [6.45, 7) is 10.4. The van der Waals surface area contributed by atoms with Crippen LogP contribution >= 0.6 is 0 Å². The highest BCUT2D eigenvalue weighted by Crippen LogP contribution is 2.25. The summed E-state index contributed by atoms with van der Waals surface area (Å²) in [7, 11) is 0. The summed E-state index contributed by atoms with van der Waals surface area (Å²) < 4.78 is 10.6. The molecule has 0 aromatic heterocycles. The summed E-state index contributed by atoms with van der Waals surface area (Å²) in [5.41, 5.74) is 2.78. The van der Waals surface area contributed by atoms with Crippen molar-refractivity contribution in [1.82, 2.24) is 0 Å². The number of rotatable bonds is 7. The molecule has 0 amide bonds. The number of ketones is 1. The van der Waals surface area contributed by atoms with Crippen LogP contribution in [0.4, 0.5) is 0 Å². The third-order valence-electron chi connectivity index (χ3n) is 3.45. The Kier molecular flexibility index (Phi) is 5.90. The van der Waals surface area contributed by atoms with Gasteiger partial charge in [-0.25, -0.2) is 4.79 Å². The zero-order valence-electron chi connectivity index (χ0n) is 14.4. The lowest BCUT2D eigenvalue weighted by atomic mass is 10.1. The van der Waals surface area contributed by atoms with Gasteiger partial charge in [0.25, 0.3) is 0 Å². The standard InChI is InChI=1S/C21H20O4/c1-14(2)20(22)13-24-18-9-5-16(6-10-18)17-7-11-19(12-8-17)25-21(23)15(3)4/h5-12H,1,3,13H2,2,4H3. The highest BCUT2D eigenvalue weighted by molar-refractivity contribution is 5.95. The van der Waals surface area contributed by atoms with Crippen molar-refractivity contribution in [2.75, 3.05) is 6.61 Å². The van der Waals surface area contributed by atoms with Crippen LogP contribution < -0.4 is 9.47 Å². The molecule has 0 fully saturated rings. The van der Waals surface area contributed by atoms with Gasteiger partial charge < -0.3 is 9.47 Å². The van der Waals surface area contributed by atoms with Crippen LogP contribution in [0.25, 0.3) is 11.1 Å². The molecule has 4 heteroatoms. The Hall–Kier alpha value is -3.14. The topological polar surface area (TPSA) is 52.6 Å². The molecular weight excluding hydrogens is 316 g/mol. The number of esters is 1. The van der Waals surface area contributed by atoms with Gasteiger partial charge in [0.1, 0.15) is 11.5 Å². The van der Waals surface area contributed by atoms with Crippen molar-refractivity contribution in [3.05, 3.63) is 72.8 Å². The Morgan fingerprint density at radius 2 is 1.28 bits per heavy atom. The minimum Gasteiger partial charge on any atom is -0.485 e. The van der Waals surface area contributed by atoms with E-state index in [0.717, 1.165) is 11.1 Å². The monoisotopic (exact) mass is 336 g/mol. The Morgan fingerprint density at radius 3 is 1.72 bits per heavy atom. The van der Waals surface area contributed by atoms with Crippen LogP contribution in [0.5, 0.6) is 11.5 Å². The molecule has 2 rings (SSSR count). The van der Waals surface area contributed by atoms with Gasteiger partial charge in [0.05, 0.1) is 0 Å². The fourth-order valence-electron chi connectivity index (χ4n) is 1.93. The molecule has 128 valence electrons. The van der Waals surface area contributed by atoms with Crippen molar-refractivity contribution in [2.24, 2.45) is 0 Å². The Labute approximate surface area is 147 Å². The predicted octanol–water partition coefficient (Wildman–Crippen LogP) is 4.36. The van der Waals surface area contributed by atoms with Gasteiger partial charge in [-0.2, -0.15) is 0 Å². The molecule has 0 unspecified atom stereocenters. The van der Waals surface area contributed by atoms with Crippen LogP contribution in [0, 0.1) is 0 Å². The maximum atomic E-state index is 11.5. The Morgan fingerprint density at radius 1 is 0.800 bits per heavy atom. The van der Waals surface area contributed by atoms with Gasteiger partial charge in [-0.05, 0) is 54.8 Å². The highest BCUT2D eigenvalue weighted by Gasteiger charge is 2.06. The molecule has 25 heavy (non-hydrogen) atoms. The smallest absolute Gasteiger partial charge is 0.338 e. The molecule has 0 spiro atoms. The van der Waals surface area contributed by atoms with E-state index in [4.69, 9.17) is 9.47 Å². The SMILES string of the molecule is C=C(C)C(=O)COc1ccc(-c2ccc(OC(=O)C(=C)C)cc2)cc1. The molecule has 0 atom stereocenters. The van der Waals surface area contributed by atoms with Crippen LogP contribution in [0.3, 0.4) is 0 Å². The minimum atomic E-state index is -0.446. The third kappa shape index (κ3) is 5.18. The first kappa shape index (κ1) is 18.2. The normalized spacial score (nSPS) is 10.0. The van der Waals surface area contributed by atoms with E-state index in [1.54, 1.807) is 38.1 Å².